The molecule has 8 heteroatoms. The standard InChI is InChI=1S/C17H18N2O5S/c1-17(2)6-10-4-3-5-12(15(10)24-17)23-8-13(20)18-7-14-19-11(9-25-14)16(21)22/h3-5,9H,6-8H2,1-2H3,(H,18,20)(H,21,22). The minimum absolute atomic E-state index is 0.0230. The Kier molecular flexibility index (Phi) is 4.63. The fraction of sp³-hybridized carbons (Fsp3) is 0.353. The Hall–Kier alpha value is -2.61. The summed E-state index contributed by atoms with van der Waals surface area (Å²) in [4.78, 5) is 26.6. The normalized spacial score (nSPS) is 14.5. The van der Waals surface area contributed by atoms with Crippen LogP contribution in [0, 0.1) is 0 Å². The highest BCUT2D eigenvalue weighted by atomic mass is 32.1. The summed E-state index contributed by atoms with van der Waals surface area (Å²) < 4.78 is 11.5. The molecule has 2 heterocycles. The van der Waals surface area contributed by atoms with Crippen molar-refractivity contribution in [3.8, 4) is 11.5 Å². The number of aromatic carboxylic acids is 1. The third-order valence-corrected chi connectivity index (χ3v) is 4.47. The van der Waals surface area contributed by atoms with Gasteiger partial charge in [0.2, 0.25) is 0 Å². The largest absolute Gasteiger partial charge is 0.483 e. The lowest BCUT2D eigenvalue weighted by atomic mass is 10.0. The first-order valence-electron chi connectivity index (χ1n) is 7.72. The van der Waals surface area contributed by atoms with E-state index in [9.17, 15) is 9.59 Å². The van der Waals surface area contributed by atoms with E-state index in [0.717, 1.165) is 12.0 Å². The van der Waals surface area contributed by atoms with E-state index in [0.29, 0.717) is 16.5 Å². The molecule has 3 rings (SSSR count). The van der Waals surface area contributed by atoms with E-state index in [4.69, 9.17) is 14.6 Å². The smallest absolute Gasteiger partial charge is 0.355 e. The SMILES string of the molecule is CC1(C)Cc2cccc(OCC(=O)NCc3nc(C(=O)O)cs3)c2O1. The van der Waals surface area contributed by atoms with Gasteiger partial charge < -0.3 is 19.9 Å². The molecule has 0 saturated carbocycles. The average Bonchev–Trinajstić information content (AvgIpc) is 3.13. The van der Waals surface area contributed by atoms with Gasteiger partial charge in [-0.3, -0.25) is 4.79 Å². The number of rotatable bonds is 6. The van der Waals surface area contributed by atoms with Crippen LogP contribution in [0.5, 0.6) is 11.5 Å². The summed E-state index contributed by atoms with van der Waals surface area (Å²) in [6, 6.07) is 5.63. The Labute approximate surface area is 148 Å². The molecule has 0 fully saturated rings. The van der Waals surface area contributed by atoms with Crippen molar-refractivity contribution >= 4 is 23.2 Å². The number of nitrogens with one attached hydrogen (secondary N) is 1. The fourth-order valence-corrected chi connectivity index (χ4v) is 3.27. The number of para-hydroxylation sites is 1. The lowest BCUT2D eigenvalue weighted by molar-refractivity contribution is -0.123. The maximum atomic E-state index is 11.9. The Morgan fingerprint density at radius 2 is 2.24 bits per heavy atom. The molecule has 25 heavy (non-hydrogen) atoms. The van der Waals surface area contributed by atoms with Gasteiger partial charge in [0.05, 0.1) is 6.54 Å². The van der Waals surface area contributed by atoms with Gasteiger partial charge in [0.1, 0.15) is 10.6 Å². The molecule has 132 valence electrons. The summed E-state index contributed by atoms with van der Waals surface area (Å²) in [6.07, 6.45) is 0.793. The molecule has 2 aromatic rings. The second-order valence-electron chi connectivity index (χ2n) is 6.28. The van der Waals surface area contributed by atoms with Crippen molar-refractivity contribution in [3.63, 3.8) is 0 Å². The zero-order chi connectivity index (χ0) is 18.0. The van der Waals surface area contributed by atoms with Gasteiger partial charge in [-0.2, -0.15) is 0 Å². The van der Waals surface area contributed by atoms with Crippen molar-refractivity contribution in [2.24, 2.45) is 0 Å². The van der Waals surface area contributed by atoms with Crippen LogP contribution in [0.15, 0.2) is 23.6 Å². The van der Waals surface area contributed by atoms with Crippen LogP contribution in [-0.4, -0.2) is 34.2 Å². The molecule has 1 aliphatic rings. The lowest BCUT2D eigenvalue weighted by Gasteiger charge is -2.18. The van der Waals surface area contributed by atoms with Gasteiger partial charge in [0, 0.05) is 17.4 Å². The summed E-state index contributed by atoms with van der Waals surface area (Å²) >= 11 is 1.18. The van der Waals surface area contributed by atoms with E-state index in [-0.39, 0.29) is 30.4 Å². The molecule has 1 aromatic heterocycles. The van der Waals surface area contributed by atoms with E-state index in [1.807, 2.05) is 26.0 Å². The molecule has 0 aliphatic carbocycles. The summed E-state index contributed by atoms with van der Waals surface area (Å²) in [7, 11) is 0. The first-order valence-corrected chi connectivity index (χ1v) is 8.60. The van der Waals surface area contributed by atoms with Crippen LogP contribution in [0.25, 0.3) is 0 Å². The molecule has 1 amide bonds. The second kappa shape index (κ2) is 6.72. The molecule has 1 aliphatic heterocycles. The molecule has 0 bridgehead atoms. The number of carboxylic acids is 1. The predicted molar refractivity (Wildman–Crippen MR) is 91.3 cm³/mol. The molecule has 0 atom stereocenters. The van der Waals surface area contributed by atoms with E-state index < -0.39 is 5.97 Å². The van der Waals surface area contributed by atoms with E-state index in [1.54, 1.807) is 6.07 Å². The number of carboxylic acid groups (broad SMARTS) is 1. The molecular weight excluding hydrogens is 344 g/mol. The highest BCUT2D eigenvalue weighted by Crippen LogP contribution is 2.41. The maximum Gasteiger partial charge on any atom is 0.355 e. The first-order chi connectivity index (χ1) is 11.8. The molecule has 7 nitrogen and oxygen atoms in total. The fourth-order valence-electron chi connectivity index (χ4n) is 2.56. The average molecular weight is 362 g/mol. The van der Waals surface area contributed by atoms with Crippen molar-refractivity contribution in [1.29, 1.82) is 0 Å². The number of hydrogen-bond acceptors (Lipinski definition) is 6. The van der Waals surface area contributed by atoms with E-state index in [1.165, 1.54) is 16.7 Å². The molecule has 0 radical (unpaired) electrons. The van der Waals surface area contributed by atoms with Crippen molar-refractivity contribution in [3.05, 3.63) is 39.8 Å². The highest BCUT2D eigenvalue weighted by molar-refractivity contribution is 7.09. The van der Waals surface area contributed by atoms with E-state index >= 15 is 0 Å². The molecular formula is C17H18N2O5S. The third kappa shape index (κ3) is 4.08. The zero-order valence-corrected chi connectivity index (χ0v) is 14.7. The Morgan fingerprint density at radius 3 is 2.96 bits per heavy atom. The van der Waals surface area contributed by atoms with Crippen LogP contribution in [0.4, 0.5) is 0 Å². The number of hydrogen-bond donors (Lipinski definition) is 2. The first kappa shape index (κ1) is 17.2. The number of benzene rings is 1. The molecule has 0 spiro atoms. The van der Waals surface area contributed by atoms with Crippen molar-refractivity contribution in [1.82, 2.24) is 10.3 Å². The number of fused-ring (bicyclic) bond motifs is 1. The molecule has 2 N–H and O–H groups in total. The van der Waals surface area contributed by atoms with Gasteiger partial charge in [-0.25, -0.2) is 9.78 Å². The van der Waals surface area contributed by atoms with E-state index in [2.05, 4.69) is 10.3 Å². The zero-order valence-electron chi connectivity index (χ0n) is 13.9. The summed E-state index contributed by atoms with van der Waals surface area (Å²) in [5.41, 5.74) is 0.758. The number of nitrogens with zero attached hydrogens (tertiary/aromatic N) is 1. The third-order valence-electron chi connectivity index (χ3n) is 3.62. The maximum absolute atomic E-state index is 11.9. The number of carbonyl (C=O) groups excluding carboxylic acids is 1. The number of aromatic nitrogens is 1. The van der Waals surface area contributed by atoms with Gasteiger partial charge >= 0.3 is 5.97 Å². The Balaban J connectivity index is 1.53. The topological polar surface area (TPSA) is 97.8 Å². The minimum atomic E-state index is -1.09. The van der Waals surface area contributed by atoms with Crippen molar-refractivity contribution < 1.29 is 24.2 Å². The van der Waals surface area contributed by atoms with Gasteiger partial charge in [0.15, 0.2) is 23.8 Å². The van der Waals surface area contributed by atoms with Crippen molar-refractivity contribution in [2.45, 2.75) is 32.4 Å². The van der Waals surface area contributed by atoms with Gasteiger partial charge in [-0.1, -0.05) is 12.1 Å². The number of thiazole rings is 1. The van der Waals surface area contributed by atoms with Crippen LogP contribution >= 0.6 is 11.3 Å². The second-order valence-corrected chi connectivity index (χ2v) is 7.22. The number of amides is 1. The monoisotopic (exact) mass is 362 g/mol. The van der Waals surface area contributed by atoms with Crippen LogP contribution in [0.3, 0.4) is 0 Å². The number of carbonyl (C=O) groups is 2. The molecule has 0 unspecified atom stereocenters. The van der Waals surface area contributed by atoms with Crippen molar-refractivity contribution in [2.75, 3.05) is 6.61 Å². The van der Waals surface area contributed by atoms with Crippen LogP contribution in [0.1, 0.15) is 34.9 Å². The van der Waals surface area contributed by atoms with Crippen LogP contribution < -0.4 is 14.8 Å². The van der Waals surface area contributed by atoms with Crippen LogP contribution in [-0.2, 0) is 17.8 Å². The molecule has 0 saturated heterocycles. The van der Waals surface area contributed by atoms with Gasteiger partial charge in [-0.05, 0) is 19.9 Å². The van der Waals surface area contributed by atoms with Gasteiger partial charge in [-0.15, -0.1) is 11.3 Å². The predicted octanol–water partition coefficient (Wildman–Crippen LogP) is 2.25. The quantitative estimate of drug-likeness (QED) is 0.818. The summed E-state index contributed by atoms with van der Waals surface area (Å²) in [6.45, 7) is 4.01. The molecule has 1 aromatic carbocycles. The number of ether oxygens (including phenoxy) is 2. The highest BCUT2D eigenvalue weighted by Gasteiger charge is 2.32. The minimum Gasteiger partial charge on any atom is -0.483 e. The van der Waals surface area contributed by atoms with Crippen LogP contribution in [0.2, 0.25) is 0 Å². The summed E-state index contributed by atoms with van der Waals surface area (Å²) in [5, 5.41) is 13.4. The van der Waals surface area contributed by atoms with Gasteiger partial charge in [0.25, 0.3) is 5.91 Å². The Bertz CT molecular complexity index is 815. The summed E-state index contributed by atoms with van der Waals surface area (Å²) in [5.74, 6) is -0.174. The lowest BCUT2D eigenvalue weighted by Crippen LogP contribution is -2.28. The Morgan fingerprint density at radius 1 is 1.44 bits per heavy atom.